The molecule has 7 heteroatoms. The van der Waals surface area contributed by atoms with Crippen LogP contribution in [0, 0.1) is 0 Å². The van der Waals surface area contributed by atoms with E-state index in [0.717, 1.165) is 5.39 Å². The molecular weight excluding hydrogens is 314 g/mol. The smallest absolute Gasteiger partial charge is 0.231 e. The lowest BCUT2D eigenvalue weighted by atomic mass is 10.1. The zero-order valence-electron chi connectivity index (χ0n) is 9.99. The number of halogens is 1. The van der Waals surface area contributed by atoms with Gasteiger partial charge in [0.1, 0.15) is 10.0 Å². The molecule has 20 heavy (non-hydrogen) atoms. The van der Waals surface area contributed by atoms with Crippen LogP contribution in [0.3, 0.4) is 0 Å². The first-order valence-corrected chi connectivity index (χ1v) is 7.26. The topological polar surface area (TPSA) is 57.8 Å². The first kappa shape index (κ1) is 13.4. The number of rotatable bonds is 2. The summed E-state index contributed by atoms with van der Waals surface area (Å²) in [5.74, 6) is 0.0551. The van der Waals surface area contributed by atoms with E-state index in [-0.39, 0.29) is 5.75 Å². The molecule has 3 aromatic rings. The summed E-state index contributed by atoms with van der Waals surface area (Å²) in [5.41, 5.74) is 0.318. The molecule has 1 N–H and O–H groups in total. The van der Waals surface area contributed by atoms with Gasteiger partial charge in [-0.2, -0.15) is 0 Å². The maximum atomic E-state index is 10.3. The monoisotopic (exact) mass is 321 g/mol. The molecular formula is C13H8ClN3OS2. The van der Waals surface area contributed by atoms with Crippen LogP contribution in [0.25, 0.3) is 10.8 Å². The Kier molecular flexibility index (Phi) is 3.60. The summed E-state index contributed by atoms with van der Waals surface area (Å²) in [6, 6.07) is 9.30. The van der Waals surface area contributed by atoms with Crippen molar-refractivity contribution < 1.29 is 5.11 Å². The van der Waals surface area contributed by atoms with Crippen LogP contribution in [-0.2, 0) is 0 Å². The Balaban J connectivity index is 2.09. The summed E-state index contributed by atoms with van der Waals surface area (Å²) in [5, 5.41) is 20.3. The van der Waals surface area contributed by atoms with E-state index >= 15 is 0 Å². The van der Waals surface area contributed by atoms with Crippen molar-refractivity contribution in [3.8, 4) is 5.75 Å². The van der Waals surface area contributed by atoms with Gasteiger partial charge in [-0.1, -0.05) is 47.2 Å². The highest BCUT2D eigenvalue weighted by Gasteiger charge is 2.10. The number of thiol groups is 1. The van der Waals surface area contributed by atoms with Crippen LogP contribution in [0.15, 0.2) is 51.7 Å². The van der Waals surface area contributed by atoms with Gasteiger partial charge in [0.15, 0.2) is 5.75 Å². The van der Waals surface area contributed by atoms with Crippen molar-refractivity contribution in [2.24, 2.45) is 10.2 Å². The Labute approximate surface area is 129 Å². The Morgan fingerprint density at radius 1 is 1.25 bits per heavy atom. The number of hydrogen-bond acceptors (Lipinski definition) is 6. The lowest BCUT2D eigenvalue weighted by Crippen LogP contribution is -1.77. The maximum Gasteiger partial charge on any atom is 0.231 e. The Morgan fingerprint density at radius 2 is 2.05 bits per heavy atom. The molecule has 0 saturated carbocycles. The van der Waals surface area contributed by atoms with Gasteiger partial charge in [0.05, 0.1) is 6.20 Å². The van der Waals surface area contributed by atoms with E-state index in [1.165, 1.54) is 17.5 Å². The number of thiazole rings is 1. The lowest BCUT2D eigenvalue weighted by Gasteiger charge is -2.06. The first-order chi connectivity index (χ1) is 9.65. The molecule has 0 unspecified atom stereocenters. The highest BCUT2D eigenvalue weighted by atomic mass is 35.5. The molecule has 0 aliphatic heterocycles. The quantitative estimate of drug-likeness (QED) is 0.493. The number of fused-ring (bicyclic) bond motifs is 1. The molecule has 2 aromatic carbocycles. The standard InChI is InChI=1S/C13H8ClN3OS2/c14-10-6-15-13(20-10)17-16-11-9(19)5-7-3-1-2-4-8(7)12(11)18/h1-6,18-19H/b17-16+. The van der Waals surface area contributed by atoms with Crippen molar-refractivity contribution in [3.05, 3.63) is 40.9 Å². The highest BCUT2D eigenvalue weighted by Crippen LogP contribution is 2.41. The number of azo groups is 1. The van der Waals surface area contributed by atoms with Crippen molar-refractivity contribution in [1.29, 1.82) is 0 Å². The summed E-state index contributed by atoms with van der Waals surface area (Å²) in [7, 11) is 0. The molecule has 1 aromatic heterocycles. The van der Waals surface area contributed by atoms with E-state index in [0.29, 0.717) is 25.4 Å². The molecule has 1 heterocycles. The number of phenols is 1. The summed E-state index contributed by atoms with van der Waals surface area (Å²) in [6.45, 7) is 0. The molecule has 0 atom stereocenters. The average molecular weight is 322 g/mol. The Hall–Kier alpha value is -1.63. The second-order valence-corrected chi connectivity index (χ2v) is 6.08. The number of aromatic nitrogens is 1. The van der Waals surface area contributed by atoms with Crippen LogP contribution in [0.1, 0.15) is 0 Å². The predicted molar refractivity (Wildman–Crippen MR) is 84.2 cm³/mol. The second kappa shape index (κ2) is 5.40. The molecule has 0 fully saturated rings. The first-order valence-electron chi connectivity index (χ1n) is 5.62. The zero-order valence-corrected chi connectivity index (χ0v) is 12.5. The molecule has 0 saturated heterocycles. The van der Waals surface area contributed by atoms with Gasteiger partial charge in [-0.05, 0) is 11.5 Å². The van der Waals surface area contributed by atoms with E-state index in [1.807, 2.05) is 30.3 Å². The Bertz CT molecular complexity index is 816. The predicted octanol–water partition coefficient (Wildman–Crippen LogP) is 5.36. The third kappa shape index (κ3) is 2.49. The fourth-order valence-corrected chi connectivity index (χ4v) is 2.80. The van der Waals surface area contributed by atoms with Gasteiger partial charge in [0.2, 0.25) is 5.13 Å². The Morgan fingerprint density at radius 3 is 2.80 bits per heavy atom. The van der Waals surface area contributed by atoms with Crippen molar-refractivity contribution in [3.63, 3.8) is 0 Å². The number of nitrogens with zero attached hydrogens (tertiary/aromatic N) is 3. The SMILES string of the molecule is Oc1c(/N=N/c2ncc(Cl)s2)c(S)cc2ccccc12. The van der Waals surface area contributed by atoms with Gasteiger partial charge in [0, 0.05) is 10.3 Å². The van der Waals surface area contributed by atoms with Crippen LogP contribution >= 0.6 is 35.6 Å². The molecule has 0 radical (unpaired) electrons. The molecule has 0 amide bonds. The number of hydrogen-bond donors (Lipinski definition) is 2. The highest BCUT2D eigenvalue weighted by molar-refractivity contribution is 7.80. The maximum absolute atomic E-state index is 10.3. The van der Waals surface area contributed by atoms with Gasteiger partial charge < -0.3 is 5.11 Å². The van der Waals surface area contributed by atoms with Crippen LogP contribution in [0.4, 0.5) is 10.8 Å². The fourth-order valence-electron chi connectivity index (χ4n) is 1.79. The van der Waals surface area contributed by atoms with E-state index < -0.39 is 0 Å². The summed E-state index contributed by atoms with van der Waals surface area (Å²) >= 11 is 11.3. The lowest BCUT2D eigenvalue weighted by molar-refractivity contribution is 0.481. The van der Waals surface area contributed by atoms with E-state index in [2.05, 4.69) is 27.8 Å². The average Bonchev–Trinajstić information content (AvgIpc) is 2.84. The van der Waals surface area contributed by atoms with Crippen LogP contribution < -0.4 is 0 Å². The van der Waals surface area contributed by atoms with Crippen LogP contribution in [0.5, 0.6) is 5.75 Å². The molecule has 0 aliphatic carbocycles. The summed E-state index contributed by atoms with van der Waals surface area (Å²) in [4.78, 5) is 4.52. The largest absolute Gasteiger partial charge is 0.505 e. The molecule has 0 bridgehead atoms. The number of phenolic OH excluding ortho intramolecular Hbond substituents is 1. The van der Waals surface area contributed by atoms with E-state index in [9.17, 15) is 5.11 Å². The minimum absolute atomic E-state index is 0.0551. The minimum atomic E-state index is 0.0551. The second-order valence-electron chi connectivity index (χ2n) is 3.96. The third-order valence-corrected chi connectivity index (χ3v) is 4.02. The van der Waals surface area contributed by atoms with Gasteiger partial charge in [-0.15, -0.1) is 22.9 Å². The molecule has 0 aliphatic rings. The van der Waals surface area contributed by atoms with Crippen LogP contribution in [-0.4, -0.2) is 10.1 Å². The van der Waals surface area contributed by atoms with E-state index in [1.54, 1.807) is 0 Å². The summed E-state index contributed by atoms with van der Waals surface area (Å²) in [6.07, 6.45) is 1.50. The van der Waals surface area contributed by atoms with Gasteiger partial charge >= 0.3 is 0 Å². The fraction of sp³-hybridized carbons (Fsp3) is 0. The van der Waals surface area contributed by atoms with Gasteiger partial charge in [-0.25, -0.2) is 4.98 Å². The molecule has 4 nitrogen and oxygen atoms in total. The van der Waals surface area contributed by atoms with Crippen molar-refractivity contribution in [1.82, 2.24) is 4.98 Å². The summed E-state index contributed by atoms with van der Waals surface area (Å²) < 4.78 is 0.535. The molecule has 0 spiro atoms. The molecule has 3 rings (SSSR count). The van der Waals surface area contributed by atoms with Gasteiger partial charge in [-0.3, -0.25) is 0 Å². The molecule has 100 valence electrons. The van der Waals surface area contributed by atoms with Crippen molar-refractivity contribution in [2.75, 3.05) is 0 Å². The zero-order chi connectivity index (χ0) is 14.1. The van der Waals surface area contributed by atoms with Crippen molar-refractivity contribution in [2.45, 2.75) is 4.90 Å². The number of aromatic hydroxyl groups is 1. The van der Waals surface area contributed by atoms with Crippen molar-refractivity contribution >= 4 is 57.2 Å². The third-order valence-electron chi connectivity index (χ3n) is 2.68. The normalized spacial score (nSPS) is 11.5. The van der Waals surface area contributed by atoms with E-state index in [4.69, 9.17) is 11.6 Å². The van der Waals surface area contributed by atoms with Crippen LogP contribution in [0.2, 0.25) is 4.34 Å². The van der Waals surface area contributed by atoms with Gasteiger partial charge in [0.25, 0.3) is 0 Å². The minimum Gasteiger partial charge on any atom is -0.505 e. The number of benzene rings is 2.